The lowest BCUT2D eigenvalue weighted by Gasteiger charge is -2.34. The van der Waals surface area contributed by atoms with Crippen LogP contribution in [0.5, 0.6) is 5.75 Å². The van der Waals surface area contributed by atoms with Gasteiger partial charge in [-0.3, -0.25) is 13.9 Å². The number of anilines is 1. The van der Waals surface area contributed by atoms with E-state index < -0.39 is 28.5 Å². The van der Waals surface area contributed by atoms with Crippen LogP contribution in [0, 0.1) is 6.92 Å². The van der Waals surface area contributed by atoms with Crippen molar-refractivity contribution in [2.24, 2.45) is 0 Å². The maximum atomic E-state index is 14.6. The second kappa shape index (κ2) is 16.5. The van der Waals surface area contributed by atoms with Crippen molar-refractivity contribution in [1.29, 1.82) is 0 Å². The number of carbonyl (C=O) groups is 2. The topological polar surface area (TPSA) is 96.0 Å². The summed E-state index contributed by atoms with van der Waals surface area (Å²) >= 11 is 16.1. The fraction of sp³-hybridized carbons (Fsp3) is 0.257. The van der Waals surface area contributed by atoms with Gasteiger partial charge in [-0.25, -0.2) is 8.42 Å². The van der Waals surface area contributed by atoms with Crippen LogP contribution in [-0.4, -0.2) is 51.4 Å². The lowest BCUT2D eigenvalue weighted by molar-refractivity contribution is -0.140. The molecule has 47 heavy (non-hydrogen) atoms. The summed E-state index contributed by atoms with van der Waals surface area (Å²) in [5.74, 6) is -0.506. The number of hydrogen-bond donors (Lipinski definition) is 1. The van der Waals surface area contributed by atoms with Crippen LogP contribution in [0.4, 0.5) is 5.69 Å². The monoisotopic (exact) mass is 759 g/mol. The van der Waals surface area contributed by atoms with E-state index in [-0.39, 0.29) is 29.5 Å². The van der Waals surface area contributed by atoms with Crippen LogP contribution in [0.1, 0.15) is 30.0 Å². The highest BCUT2D eigenvalue weighted by Crippen LogP contribution is 2.31. The van der Waals surface area contributed by atoms with Gasteiger partial charge in [-0.15, -0.1) is 0 Å². The van der Waals surface area contributed by atoms with Gasteiger partial charge in [-0.1, -0.05) is 84.2 Å². The SMILES string of the molecule is CCCNC(=O)[C@@H](Cc1ccccc1)N(Cc1ccc(Cl)cc1Cl)C(=O)CN(c1ccc(C)cc1)S(=O)(=O)c1ccc(OC)c(Br)c1. The van der Waals surface area contributed by atoms with E-state index in [1.165, 1.54) is 30.2 Å². The van der Waals surface area contributed by atoms with Crippen molar-refractivity contribution in [2.45, 2.75) is 44.2 Å². The third-order valence-electron chi connectivity index (χ3n) is 7.49. The van der Waals surface area contributed by atoms with Gasteiger partial charge in [0.05, 0.1) is 22.2 Å². The molecule has 1 N–H and O–H groups in total. The Kier molecular flexibility index (Phi) is 12.7. The normalized spacial score (nSPS) is 11.9. The molecule has 4 aromatic carbocycles. The van der Waals surface area contributed by atoms with Gasteiger partial charge in [0.25, 0.3) is 10.0 Å². The number of aryl methyl sites for hydroxylation is 1. The lowest BCUT2D eigenvalue weighted by atomic mass is 10.0. The van der Waals surface area contributed by atoms with Crippen molar-refractivity contribution in [3.8, 4) is 5.75 Å². The third-order valence-corrected chi connectivity index (χ3v) is 10.5. The Morgan fingerprint density at radius 2 is 1.66 bits per heavy atom. The number of ether oxygens (including phenoxy) is 1. The molecule has 1 atom stereocenters. The highest BCUT2D eigenvalue weighted by molar-refractivity contribution is 9.10. The first kappa shape index (κ1) is 36.3. The summed E-state index contributed by atoms with van der Waals surface area (Å²) in [7, 11) is -2.81. The molecule has 0 aliphatic carbocycles. The van der Waals surface area contributed by atoms with Gasteiger partial charge in [0.1, 0.15) is 18.3 Å². The van der Waals surface area contributed by atoms with Crippen molar-refractivity contribution >= 4 is 66.7 Å². The Labute approximate surface area is 294 Å². The number of carbonyl (C=O) groups excluding carboxylic acids is 2. The molecule has 4 rings (SSSR count). The van der Waals surface area contributed by atoms with E-state index in [0.29, 0.717) is 38.8 Å². The summed E-state index contributed by atoms with van der Waals surface area (Å²) < 4.78 is 35.4. The molecular formula is C35H36BrCl2N3O5S. The van der Waals surface area contributed by atoms with Crippen molar-refractivity contribution in [1.82, 2.24) is 10.2 Å². The number of hydrogen-bond acceptors (Lipinski definition) is 5. The molecule has 0 unspecified atom stereocenters. The Bertz CT molecular complexity index is 1810. The quantitative estimate of drug-likeness (QED) is 0.144. The van der Waals surface area contributed by atoms with Gasteiger partial charge in [0, 0.05) is 29.6 Å². The van der Waals surface area contributed by atoms with Gasteiger partial charge < -0.3 is 15.0 Å². The number of halogens is 3. The van der Waals surface area contributed by atoms with E-state index in [2.05, 4.69) is 21.2 Å². The summed E-state index contributed by atoms with van der Waals surface area (Å²) in [6.07, 6.45) is 0.883. The molecule has 8 nitrogen and oxygen atoms in total. The number of rotatable bonds is 14. The number of nitrogens with one attached hydrogen (secondary N) is 1. The lowest BCUT2D eigenvalue weighted by Crippen LogP contribution is -2.53. The minimum Gasteiger partial charge on any atom is -0.496 e. The molecule has 0 saturated carbocycles. The predicted molar refractivity (Wildman–Crippen MR) is 191 cm³/mol. The summed E-state index contributed by atoms with van der Waals surface area (Å²) in [5.41, 5.74) is 2.58. The fourth-order valence-corrected chi connectivity index (χ4v) is 7.53. The predicted octanol–water partition coefficient (Wildman–Crippen LogP) is 7.43. The van der Waals surface area contributed by atoms with Crippen LogP contribution in [0.2, 0.25) is 10.0 Å². The van der Waals surface area contributed by atoms with Crippen LogP contribution in [0.3, 0.4) is 0 Å². The Morgan fingerprint density at radius 3 is 2.28 bits per heavy atom. The molecule has 0 aromatic heterocycles. The van der Waals surface area contributed by atoms with E-state index in [1.54, 1.807) is 42.5 Å². The van der Waals surface area contributed by atoms with Gasteiger partial charge in [-0.2, -0.15) is 0 Å². The molecule has 0 spiro atoms. The van der Waals surface area contributed by atoms with Crippen molar-refractivity contribution in [2.75, 3.05) is 24.5 Å². The van der Waals surface area contributed by atoms with Crippen LogP contribution < -0.4 is 14.4 Å². The van der Waals surface area contributed by atoms with E-state index in [1.807, 2.05) is 44.2 Å². The molecule has 2 amide bonds. The minimum atomic E-state index is -4.29. The first-order chi connectivity index (χ1) is 22.4. The maximum absolute atomic E-state index is 14.6. The second-order valence-electron chi connectivity index (χ2n) is 10.9. The van der Waals surface area contributed by atoms with E-state index in [4.69, 9.17) is 27.9 Å². The number of methoxy groups -OCH3 is 1. The van der Waals surface area contributed by atoms with Crippen LogP contribution >= 0.6 is 39.1 Å². The molecule has 12 heteroatoms. The van der Waals surface area contributed by atoms with E-state index in [0.717, 1.165) is 15.4 Å². The van der Waals surface area contributed by atoms with Crippen molar-refractivity contribution < 1.29 is 22.7 Å². The maximum Gasteiger partial charge on any atom is 0.264 e. The van der Waals surface area contributed by atoms with Crippen LogP contribution in [0.15, 0.2) is 100 Å². The van der Waals surface area contributed by atoms with E-state index in [9.17, 15) is 18.0 Å². The molecule has 0 fully saturated rings. The molecule has 248 valence electrons. The number of nitrogens with zero attached hydrogens (tertiary/aromatic N) is 2. The summed E-state index contributed by atoms with van der Waals surface area (Å²) in [6.45, 7) is 3.57. The highest BCUT2D eigenvalue weighted by atomic mass is 79.9. The summed E-state index contributed by atoms with van der Waals surface area (Å²) in [6, 6.07) is 24.5. The molecule has 0 saturated heterocycles. The molecule has 0 heterocycles. The molecule has 4 aromatic rings. The number of sulfonamides is 1. The zero-order chi connectivity index (χ0) is 34.1. The third kappa shape index (κ3) is 9.28. The Morgan fingerprint density at radius 1 is 0.957 bits per heavy atom. The minimum absolute atomic E-state index is 0.0487. The summed E-state index contributed by atoms with van der Waals surface area (Å²) in [4.78, 5) is 29.7. The van der Waals surface area contributed by atoms with Crippen LogP contribution in [-0.2, 0) is 32.6 Å². The number of benzene rings is 4. The van der Waals surface area contributed by atoms with Gasteiger partial charge in [-0.05, 0) is 82.9 Å². The summed E-state index contributed by atoms with van der Waals surface area (Å²) in [5, 5.41) is 3.66. The van der Waals surface area contributed by atoms with Gasteiger partial charge >= 0.3 is 0 Å². The standard InChI is InChI=1S/C35H36BrCl2N3O5S/c1-4-18-39-35(43)32(19-25-8-6-5-7-9-25)40(22-26-12-13-27(37)20-31(26)38)34(42)23-41(28-14-10-24(2)11-15-28)47(44,45)29-16-17-33(46-3)30(36)21-29/h5-17,20-21,32H,4,18-19,22-23H2,1-3H3,(H,39,43)/t32-/m1/s1. The molecule has 0 radical (unpaired) electrons. The van der Waals surface area contributed by atoms with Crippen molar-refractivity contribution in [3.05, 3.63) is 122 Å². The first-order valence-corrected chi connectivity index (χ1v) is 17.9. The molecule has 0 bridgehead atoms. The van der Waals surface area contributed by atoms with Gasteiger partial charge in [0.2, 0.25) is 11.8 Å². The molecule has 0 aliphatic rings. The van der Waals surface area contributed by atoms with Crippen molar-refractivity contribution in [3.63, 3.8) is 0 Å². The number of amides is 2. The smallest absolute Gasteiger partial charge is 0.264 e. The molecule has 0 aliphatic heterocycles. The largest absolute Gasteiger partial charge is 0.496 e. The second-order valence-corrected chi connectivity index (χ2v) is 14.5. The van der Waals surface area contributed by atoms with Gasteiger partial charge in [0.15, 0.2) is 0 Å². The Hall–Kier alpha value is -3.57. The Balaban J connectivity index is 1.83. The van der Waals surface area contributed by atoms with E-state index >= 15 is 0 Å². The average molecular weight is 762 g/mol. The van der Waals surface area contributed by atoms with Crippen LogP contribution in [0.25, 0.3) is 0 Å². The molecular weight excluding hydrogens is 725 g/mol. The zero-order valence-corrected chi connectivity index (χ0v) is 30.2. The average Bonchev–Trinajstić information content (AvgIpc) is 3.05. The highest BCUT2D eigenvalue weighted by Gasteiger charge is 2.35. The fourth-order valence-electron chi connectivity index (χ4n) is 4.93. The zero-order valence-electron chi connectivity index (χ0n) is 26.3. The first-order valence-electron chi connectivity index (χ1n) is 14.9.